The predicted molar refractivity (Wildman–Crippen MR) is 46.0 cm³/mol. The molecule has 12 heavy (non-hydrogen) atoms. The molecule has 0 fully saturated rings. The van der Waals surface area contributed by atoms with E-state index < -0.39 is 5.97 Å². The fraction of sp³-hybridized carbons (Fsp3) is 0.250. The van der Waals surface area contributed by atoms with Gasteiger partial charge in [0, 0.05) is 5.57 Å². The van der Waals surface area contributed by atoms with Crippen LogP contribution < -0.4 is 0 Å². The zero-order valence-corrected chi connectivity index (χ0v) is 7.13. The average molecular weight is 169 g/mol. The molecule has 0 aromatic carbocycles. The first-order valence-electron chi connectivity index (χ1n) is 3.19. The van der Waals surface area contributed by atoms with Crippen LogP contribution in [0, 0.1) is 0 Å². The Balaban J connectivity index is 4.61. The number of carboxylic acids is 1. The van der Waals surface area contributed by atoms with Crippen LogP contribution in [-0.2, 0) is 9.53 Å². The Kier molecular flexibility index (Phi) is 3.76. The van der Waals surface area contributed by atoms with Crippen LogP contribution in [-0.4, -0.2) is 24.1 Å². The number of ether oxygens (including phenoxy) is 1. The molecular formula is C8H11NO3. The number of aliphatic imine (C=N–C) groups is 1. The van der Waals surface area contributed by atoms with Gasteiger partial charge in [-0.05, 0) is 6.92 Å². The lowest BCUT2D eigenvalue weighted by Crippen LogP contribution is -2.05. The molecule has 0 radical (unpaired) electrons. The summed E-state index contributed by atoms with van der Waals surface area (Å²) in [5.74, 6) is -0.992. The van der Waals surface area contributed by atoms with Crippen LogP contribution in [0.25, 0.3) is 0 Å². The van der Waals surface area contributed by atoms with E-state index in [9.17, 15) is 4.79 Å². The Morgan fingerprint density at radius 3 is 2.25 bits per heavy atom. The number of carboxylic acid groups (broad SMARTS) is 1. The lowest BCUT2D eigenvalue weighted by molar-refractivity contribution is -0.132. The molecule has 0 spiro atoms. The van der Waals surface area contributed by atoms with Crippen molar-refractivity contribution in [3.8, 4) is 0 Å². The van der Waals surface area contributed by atoms with Crippen LogP contribution in [0.1, 0.15) is 6.92 Å². The van der Waals surface area contributed by atoms with Gasteiger partial charge in [0.1, 0.15) is 5.70 Å². The number of aliphatic carboxylic acids is 1. The molecule has 0 aliphatic heterocycles. The molecule has 0 heterocycles. The molecule has 0 aliphatic carbocycles. The second-order valence-corrected chi connectivity index (χ2v) is 2.15. The van der Waals surface area contributed by atoms with Crippen molar-refractivity contribution in [3.05, 3.63) is 24.4 Å². The van der Waals surface area contributed by atoms with Gasteiger partial charge in [-0.1, -0.05) is 13.2 Å². The number of hydrogen-bond donors (Lipinski definition) is 1. The second kappa shape index (κ2) is 4.33. The Labute approximate surface area is 70.9 Å². The van der Waals surface area contributed by atoms with Crippen LogP contribution in [0.2, 0.25) is 0 Å². The van der Waals surface area contributed by atoms with E-state index in [1.807, 2.05) is 0 Å². The maximum Gasteiger partial charge on any atom is 0.354 e. The van der Waals surface area contributed by atoms with E-state index in [0.29, 0.717) is 5.57 Å². The minimum absolute atomic E-state index is 0.183. The predicted octanol–water partition coefficient (Wildman–Crippen LogP) is 1.21. The average Bonchev–Trinajstić information content (AvgIpc) is 1.98. The van der Waals surface area contributed by atoms with Gasteiger partial charge in [-0.15, -0.1) is 0 Å². The monoisotopic (exact) mass is 169 g/mol. The fourth-order valence-electron chi connectivity index (χ4n) is 0.486. The van der Waals surface area contributed by atoms with Gasteiger partial charge in [0.25, 0.3) is 0 Å². The number of methoxy groups -OCH3 is 1. The molecule has 0 unspecified atom stereocenters. The van der Waals surface area contributed by atoms with Gasteiger partial charge in [0.2, 0.25) is 5.90 Å². The first-order chi connectivity index (χ1) is 5.49. The first kappa shape index (κ1) is 10.4. The van der Waals surface area contributed by atoms with Crippen molar-refractivity contribution in [2.24, 2.45) is 4.99 Å². The molecule has 4 nitrogen and oxygen atoms in total. The SMILES string of the molecule is C=C(/N=C(/OC)C(=C)C)C(=O)O. The molecule has 0 aliphatic rings. The summed E-state index contributed by atoms with van der Waals surface area (Å²) >= 11 is 0. The Morgan fingerprint density at radius 1 is 1.50 bits per heavy atom. The van der Waals surface area contributed by atoms with Gasteiger partial charge in [0.05, 0.1) is 7.11 Å². The van der Waals surface area contributed by atoms with E-state index in [-0.39, 0.29) is 11.6 Å². The van der Waals surface area contributed by atoms with Crippen LogP contribution in [0.5, 0.6) is 0 Å². The molecule has 66 valence electrons. The topological polar surface area (TPSA) is 58.9 Å². The molecular weight excluding hydrogens is 158 g/mol. The van der Waals surface area contributed by atoms with Crippen molar-refractivity contribution in [3.63, 3.8) is 0 Å². The van der Waals surface area contributed by atoms with Gasteiger partial charge in [-0.2, -0.15) is 0 Å². The Hall–Kier alpha value is -1.58. The zero-order valence-electron chi connectivity index (χ0n) is 7.13. The summed E-state index contributed by atoms with van der Waals surface area (Å²) in [7, 11) is 1.39. The van der Waals surface area contributed by atoms with Gasteiger partial charge < -0.3 is 9.84 Å². The maximum absolute atomic E-state index is 10.3. The van der Waals surface area contributed by atoms with Gasteiger partial charge in [-0.3, -0.25) is 0 Å². The lowest BCUT2D eigenvalue weighted by Gasteiger charge is -2.02. The van der Waals surface area contributed by atoms with Crippen molar-refractivity contribution < 1.29 is 14.6 Å². The molecule has 4 heteroatoms. The smallest absolute Gasteiger partial charge is 0.354 e. The minimum atomic E-state index is -1.18. The third-order valence-corrected chi connectivity index (χ3v) is 1.04. The highest BCUT2D eigenvalue weighted by molar-refractivity contribution is 5.97. The molecule has 1 N–H and O–H groups in total. The normalized spacial score (nSPS) is 10.7. The van der Waals surface area contributed by atoms with Gasteiger partial charge in [-0.25, -0.2) is 9.79 Å². The Bertz CT molecular complexity index is 253. The number of rotatable bonds is 3. The molecule has 0 rings (SSSR count). The third kappa shape index (κ3) is 3.01. The molecule has 0 aromatic rings. The maximum atomic E-state index is 10.3. The first-order valence-corrected chi connectivity index (χ1v) is 3.19. The van der Waals surface area contributed by atoms with Crippen molar-refractivity contribution in [1.29, 1.82) is 0 Å². The molecule has 0 aromatic heterocycles. The van der Waals surface area contributed by atoms with Crippen molar-refractivity contribution >= 4 is 11.9 Å². The summed E-state index contributed by atoms with van der Waals surface area (Å²) < 4.78 is 4.76. The van der Waals surface area contributed by atoms with E-state index in [0.717, 1.165) is 0 Å². The Morgan fingerprint density at radius 2 is 2.00 bits per heavy atom. The second-order valence-electron chi connectivity index (χ2n) is 2.15. The number of carbonyl (C=O) groups is 1. The van der Waals surface area contributed by atoms with E-state index in [1.165, 1.54) is 7.11 Å². The standard InChI is InChI=1S/C8H11NO3/c1-5(2)7(12-4)9-6(3)8(10)11/h1,3H2,2,4H3,(H,10,11)/b9-7+. The van der Waals surface area contributed by atoms with Crippen molar-refractivity contribution in [1.82, 2.24) is 0 Å². The van der Waals surface area contributed by atoms with Gasteiger partial charge >= 0.3 is 5.97 Å². The highest BCUT2D eigenvalue weighted by Crippen LogP contribution is 2.00. The van der Waals surface area contributed by atoms with Crippen LogP contribution in [0.3, 0.4) is 0 Å². The minimum Gasteiger partial charge on any atom is -0.481 e. The highest BCUT2D eigenvalue weighted by atomic mass is 16.5. The summed E-state index contributed by atoms with van der Waals surface area (Å²) in [6.45, 7) is 8.43. The quantitative estimate of drug-likeness (QED) is 0.392. The number of nitrogens with zero attached hydrogens (tertiary/aromatic N) is 1. The fourth-order valence-corrected chi connectivity index (χ4v) is 0.486. The zero-order chi connectivity index (χ0) is 9.72. The molecule has 0 atom stereocenters. The highest BCUT2D eigenvalue weighted by Gasteiger charge is 2.05. The van der Waals surface area contributed by atoms with Crippen LogP contribution in [0.15, 0.2) is 29.4 Å². The summed E-state index contributed by atoms with van der Waals surface area (Å²) in [6, 6.07) is 0. The van der Waals surface area contributed by atoms with Crippen molar-refractivity contribution in [2.45, 2.75) is 6.92 Å². The summed E-state index contributed by atoms with van der Waals surface area (Å²) in [5.41, 5.74) is 0.287. The molecule has 0 saturated carbocycles. The van der Waals surface area contributed by atoms with E-state index in [1.54, 1.807) is 6.92 Å². The van der Waals surface area contributed by atoms with E-state index >= 15 is 0 Å². The van der Waals surface area contributed by atoms with E-state index in [2.05, 4.69) is 18.2 Å². The third-order valence-electron chi connectivity index (χ3n) is 1.04. The van der Waals surface area contributed by atoms with Gasteiger partial charge in [0.15, 0.2) is 0 Å². The van der Waals surface area contributed by atoms with Crippen LogP contribution >= 0.6 is 0 Å². The summed E-state index contributed by atoms with van der Waals surface area (Å²) in [5, 5.41) is 8.42. The molecule has 0 saturated heterocycles. The molecule has 0 bridgehead atoms. The summed E-state index contributed by atoms with van der Waals surface area (Å²) in [6.07, 6.45) is 0. The van der Waals surface area contributed by atoms with Crippen LogP contribution in [0.4, 0.5) is 0 Å². The van der Waals surface area contributed by atoms with Crippen molar-refractivity contribution in [2.75, 3.05) is 7.11 Å². The number of hydrogen-bond acceptors (Lipinski definition) is 3. The summed E-state index contributed by atoms with van der Waals surface area (Å²) in [4.78, 5) is 13.9. The van der Waals surface area contributed by atoms with E-state index in [4.69, 9.17) is 9.84 Å². The lowest BCUT2D eigenvalue weighted by atomic mass is 10.3. The molecule has 0 amide bonds. The largest absolute Gasteiger partial charge is 0.481 e.